The number of nitrogens with one attached hydrogen (secondary N) is 2. The number of likely N-dealkylation sites (N-methyl/N-ethyl adjacent to an activating group) is 2. The van der Waals surface area contributed by atoms with Gasteiger partial charge in [-0.2, -0.15) is 5.11 Å². The van der Waals surface area contributed by atoms with Crippen molar-refractivity contribution in [1.82, 2.24) is 4.90 Å². The van der Waals surface area contributed by atoms with E-state index >= 15 is 0 Å². The molecule has 4 heterocycles. The number of para-hydroxylation sites is 2. The number of benzene rings is 7. The van der Waals surface area contributed by atoms with E-state index in [0.29, 0.717) is 31.9 Å². The minimum Gasteiger partial charge on any atom is -1.00 e. The molecule has 1 unspecified atom stereocenters. The number of ether oxygens (including phenoxy) is 1. The monoisotopic (exact) mass is 1210 g/mol. The van der Waals surface area contributed by atoms with Crippen molar-refractivity contribution >= 4 is 84.6 Å². The number of carbonyl (C=O) groups excluding carboxylic acids is 2. The Morgan fingerprint density at radius 3 is 1.64 bits per heavy atom. The summed E-state index contributed by atoms with van der Waals surface area (Å²) < 4.78 is 8.42. The molecule has 4 aliphatic heterocycles. The molecule has 422 valence electrons. The van der Waals surface area contributed by atoms with E-state index in [1.54, 1.807) is 0 Å². The number of azo groups is 2. The Hall–Kier alpha value is -8.24. The lowest BCUT2D eigenvalue weighted by Gasteiger charge is -2.38. The molecule has 0 radical (unpaired) electrons. The van der Waals surface area contributed by atoms with Crippen LogP contribution in [0.2, 0.25) is 0 Å². The van der Waals surface area contributed by atoms with E-state index in [9.17, 15) is 9.59 Å². The summed E-state index contributed by atoms with van der Waals surface area (Å²) >= 11 is 0. The standard InChI is InChI=1S/C69H71N10O3.HI/c1-67(2)52-26-13-15-29-59(52)76(6)61(67)37-31-46-19-17-20-47(32-38-62-68(3,4)53-27-14-16-30-60(53)77(62)7)66(46)79-43-41-78(42-44-79)63(80)39-40-64(81)82-45-69(5)70-57-28-18-25-51-56(35-36-58(71-69)65(51)57)75-74-55-34-33-54(49-23-11-12-24-50(49)55)73-72-48-21-9-8-10-22-48;/h8-16,18,21-38,70-71H,17,19-20,39-45H2,1-7H3;1H/q+1;/p-1. The van der Waals surface area contributed by atoms with Gasteiger partial charge in [0.15, 0.2) is 13.1 Å². The van der Waals surface area contributed by atoms with Crippen LogP contribution in [0.25, 0.3) is 21.5 Å². The van der Waals surface area contributed by atoms with Gasteiger partial charge in [0.1, 0.15) is 12.3 Å². The molecule has 14 heteroatoms. The number of fused-ring (bicyclic) bond motifs is 3. The molecule has 5 aliphatic rings. The van der Waals surface area contributed by atoms with Gasteiger partial charge in [0.2, 0.25) is 11.6 Å². The highest BCUT2D eigenvalue weighted by Gasteiger charge is 2.40. The maximum absolute atomic E-state index is 13.9. The number of piperazine rings is 1. The van der Waals surface area contributed by atoms with Gasteiger partial charge in [-0.25, -0.2) is 4.58 Å². The summed E-state index contributed by atoms with van der Waals surface area (Å²) in [5.41, 5.74) is 15.3. The van der Waals surface area contributed by atoms with E-state index in [2.05, 4.69) is 150 Å². The van der Waals surface area contributed by atoms with Gasteiger partial charge in [-0.05, 0) is 104 Å². The molecule has 83 heavy (non-hydrogen) atoms. The van der Waals surface area contributed by atoms with Crippen LogP contribution < -0.4 is 44.4 Å². The van der Waals surface area contributed by atoms with Crippen molar-refractivity contribution in [2.75, 3.05) is 67.3 Å². The number of halogens is 1. The number of anilines is 4. The van der Waals surface area contributed by atoms with E-state index in [0.717, 1.165) is 69.2 Å². The molecule has 7 aromatic carbocycles. The molecule has 2 fully saturated rings. The highest BCUT2D eigenvalue weighted by atomic mass is 127. The van der Waals surface area contributed by atoms with Gasteiger partial charge >= 0.3 is 5.97 Å². The fraction of sp³-hybridized carbons (Fsp3) is 0.290. The largest absolute Gasteiger partial charge is 1.00 e. The van der Waals surface area contributed by atoms with E-state index in [1.807, 2.05) is 109 Å². The topological polar surface area (TPSA) is 130 Å². The number of hydrogen-bond donors (Lipinski definition) is 2. The van der Waals surface area contributed by atoms with Crippen LogP contribution in [0.15, 0.2) is 213 Å². The Bertz CT molecular complexity index is 3810. The minimum atomic E-state index is -0.814. The second kappa shape index (κ2) is 23.2. The molecule has 0 spiro atoms. The normalized spacial score (nSPS) is 20.8. The van der Waals surface area contributed by atoms with Crippen molar-refractivity contribution in [2.24, 2.45) is 20.5 Å². The van der Waals surface area contributed by atoms with Crippen LogP contribution in [-0.4, -0.2) is 79.6 Å². The third kappa shape index (κ3) is 11.0. The Labute approximate surface area is 504 Å². The molecule has 0 aromatic heterocycles. The lowest BCUT2D eigenvalue weighted by molar-refractivity contribution is -0.537. The highest BCUT2D eigenvalue weighted by molar-refractivity contribution is 6.11. The molecule has 12 rings (SSSR count). The summed E-state index contributed by atoms with van der Waals surface area (Å²) in [6.07, 6.45) is 12.5. The molecule has 1 amide bonds. The van der Waals surface area contributed by atoms with Crippen LogP contribution in [-0.2, 0) is 25.2 Å². The van der Waals surface area contributed by atoms with Crippen LogP contribution in [0, 0.1) is 0 Å². The van der Waals surface area contributed by atoms with Gasteiger partial charge < -0.3 is 54.0 Å². The zero-order valence-electron chi connectivity index (χ0n) is 48.4. The fourth-order valence-electron chi connectivity index (χ4n) is 13.0. The first-order valence-electron chi connectivity index (χ1n) is 28.7. The molecule has 0 bridgehead atoms. The summed E-state index contributed by atoms with van der Waals surface area (Å²) in [7, 11) is 4.35. The van der Waals surface area contributed by atoms with Crippen LogP contribution in [0.5, 0.6) is 0 Å². The molecule has 1 saturated heterocycles. The third-order valence-electron chi connectivity index (χ3n) is 17.3. The number of rotatable bonds is 11. The zero-order chi connectivity index (χ0) is 56.8. The second-order valence-electron chi connectivity index (χ2n) is 23.4. The predicted molar refractivity (Wildman–Crippen MR) is 332 cm³/mol. The predicted octanol–water partition coefficient (Wildman–Crippen LogP) is 12.7. The molecule has 1 saturated carbocycles. The smallest absolute Gasteiger partial charge is 0.306 e. The number of carbonyl (C=O) groups is 2. The summed E-state index contributed by atoms with van der Waals surface area (Å²) in [4.78, 5) is 33.9. The molecular formula is C69H71IN10O3. The SMILES string of the molecule is CN1/C(=C\C=C2/CCC/C(=C\C=C3\N(C)c4ccccc4C3(C)C)C2=[N+]2CCN(C(=O)CCC(=O)OCC3(C)Nc4cccc5c(N=Nc6ccc(N=Nc7ccccc7)c7ccccc67)ccc(c45)N3)CC2)C(C)(C)c2ccccc21.[I-]. The van der Waals surface area contributed by atoms with Crippen molar-refractivity contribution in [3.63, 3.8) is 0 Å². The van der Waals surface area contributed by atoms with Crippen molar-refractivity contribution < 1.29 is 42.9 Å². The lowest BCUT2D eigenvalue weighted by Crippen LogP contribution is -3.00. The summed E-state index contributed by atoms with van der Waals surface area (Å²) in [5.74, 6) is -0.451. The van der Waals surface area contributed by atoms with Crippen LogP contribution in [0.3, 0.4) is 0 Å². The number of amides is 1. The van der Waals surface area contributed by atoms with Gasteiger partial charge in [-0.3, -0.25) is 9.59 Å². The minimum absolute atomic E-state index is 0. The average Bonchev–Trinajstić information content (AvgIpc) is 2.98. The molecular weight excluding hydrogens is 1140 g/mol. The van der Waals surface area contributed by atoms with Crippen molar-refractivity contribution in [3.8, 4) is 0 Å². The van der Waals surface area contributed by atoms with Crippen molar-refractivity contribution in [1.29, 1.82) is 0 Å². The number of allylic oxidation sites excluding steroid dienone is 8. The van der Waals surface area contributed by atoms with Gasteiger partial charge in [-0.1, -0.05) is 131 Å². The Kier molecular flexibility index (Phi) is 15.8. The number of esters is 1. The molecule has 2 N–H and O–H groups in total. The quantitative estimate of drug-likeness (QED) is 0.0571. The van der Waals surface area contributed by atoms with Gasteiger partial charge in [0.05, 0.1) is 42.3 Å². The summed E-state index contributed by atoms with van der Waals surface area (Å²) in [6.45, 7) is 13.8. The Morgan fingerprint density at radius 1 is 0.566 bits per heavy atom. The molecule has 1 atom stereocenters. The second-order valence-corrected chi connectivity index (χ2v) is 23.4. The zero-order valence-corrected chi connectivity index (χ0v) is 50.6. The molecule has 13 nitrogen and oxygen atoms in total. The van der Waals surface area contributed by atoms with Crippen LogP contribution in [0.1, 0.15) is 77.8 Å². The van der Waals surface area contributed by atoms with Gasteiger partial charge in [-0.15, -0.1) is 15.3 Å². The lowest BCUT2D eigenvalue weighted by atomic mass is 9.82. The number of nitrogens with zero attached hydrogens (tertiary/aromatic N) is 8. The average molecular weight is 1220 g/mol. The van der Waals surface area contributed by atoms with E-state index in [-0.39, 0.29) is 60.2 Å². The molecule has 1 aliphatic carbocycles. The first kappa shape index (κ1) is 56.6. The third-order valence-corrected chi connectivity index (χ3v) is 17.3. The highest BCUT2D eigenvalue weighted by Crippen LogP contribution is 2.49. The Morgan fingerprint density at radius 2 is 1.06 bits per heavy atom. The van der Waals surface area contributed by atoms with Gasteiger partial charge in [0, 0.05) is 98.2 Å². The molecule has 7 aromatic rings. The summed E-state index contributed by atoms with van der Waals surface area (Å²) in [5, 5.41) is 29.4. The van der Waals surface area contributed by atoms with E-state index < -0.39 is 11.6 Å². The first-order valence-corrected chi connectivity index (χ1v) is 28.7. The number of hydrogen-bond acceptors (Lipinski definition) is 11. The van der Waals surface area contributed by atoms with E-state index in [1.165, 1.54) is 50.8 Å². The van der Waals surface area contributed by atoms with Gasteiger partial charge in [0.25, 0.3) is 0 Å². The van der Waals surface area contributed by atoms with Crippen molar-refractivity contribution in [2.45, 2.75) is 83.2 Å². The fourth-order valence-corrected chi connectivity index (χ4v) is 13.0. The maximum Gasteiger partial charge on any atom is 0.306 e. The van der Waals surface area contributed by atoms with Crippen molar-refractivity contribution in [3.05, 3.63) is 204 Å². The van der Waals surface area contributed by atoms with Crippen LogP contribution in [0.4, 0.5) is 45.5 Å². The van der Waals surface area contributed by atoms with Crippen LogP contribution >= 0.6 is 0 Å². The Balaban J connectivity index is 0.00000721. The van der Waals surface area contributed by atoms with E-state index in [4.69, 9.17) is 15.0 Å². The first-order chi connectivity index (χ1) is 39.7. The maximum atomic E-state index is 13.9. The summed E-state index contributed by atoms with van der Waals surface area (Å²) in [6, 6.07) is 48.9.